The lowest BCUT2D eigenvalue weighted by Crippen LogP contribution is -2.45. The number of nitrogens with one attached hydrogen (secondary N) is 1. The van der Waals surface area contributed by atoms with Gasteiger partial charge in [0.2, 0.25) is 5.91 Å². The van der Waals surface area contributed by atoms with Crippen molar-refractivity contribution in [1.29, 1.82) is 0 Å². The Morgan fingerprint density at radius 3 is 1.42 bits per heavy atom. The van der Waals surface area contributed by atoms with E-state index in [0.717, 1.165) is 38.5 Å². The van der Waals surface area contributed by atoms with Gasteiger partial charge in [-0.25, -0.2) is 0 Å². The molecule has 3 atom stereocenters. The second-order valence-electron chi connectivity index (χ2n) is 16.8. The van der Waals surface area contributed by atoms with Crippen molar-refractivity contribution >= 4 is 13.7 Å². The molecule has 2 N–H and O–H groups in total. The number of rotatable bonds is 41. The van der Waals surface area contributed by atoms with Crippen molar-refractivity contribution in [3.05, 3.63) is 12.2 Å². The van der Waals surface area contributed by atoms with E-state index >= 15 is 0 Å². The van der Waals surface area contributed by atoms with Crippen LogP contribution >= 0.6 is 7.82 Å². The van der Waals surface area contributed by atoms with Crippen LogP contribution in [0, 0.1) is 0 Å². The zero-order valence-corrected chi connectivity index (χ0v) is 36.6. The summed E-state index contributed by atoms with van der Waals surface area (Å²) in [4.78, 5) is 25.3. The minimum Gasteiger partial charge on any atom is -0.756 e. The first kappa shape index (κ1) is 52.2. The van der Waals surface area contributed by atoms with E-state index < -0.39 is 20.0 Å². The van der Waals surface area contributed by atoms with Gasteiger partial charge in [-0.15, -0.1) is 0 Å². The van der Waals surface area contributed by atoms with Crippen LogP contribution in [0.3, 0.4) is 0 Å². The molecule has 0 fully saturated rings. The summed E-state index contributed by atoms with van der Waals surface area (Å²) in [5.41, 5.74) is 0. The summed E-state index contributed by atoms with van der Waals surface area (Å²) in [6.07, 6.45) is 41.0. The molecule has 0 aromatic rings. The number of likely N-dealkylation sites (N-methyl/N-ethyl adjacent to an activating group) is 1. The first-order valence-corrected chi connectivity index (χ1v) is 24.0. The summed E-state index contributed by atoms with van der Waals surface area (Å²) >= 11 is 0. The third-order valence-electron chi connectivity index (χ3n) is 10.2. The number of amides is 1. The minimum absolute atomic E-state index is 0.00210. The number of quaternary nitrogens is 1. The van der Waals surface area contributed by atoms with E-state index in [1.165, 1.54) is 154 Å². The standard InChI is InChI=1S/C44H89N2O6P/c1-6-8-10-12-14-16-18-20-22-23-24-26-28-30-32-34-36-38-44(48)45-42(41-52-53(49,50)51-40-39-46(3,4)5)43(47)37-35-33-31-29-27-25-21-19-17-15-13-11-9-7-2/h35,37,42-43,47H,6-34,36,38-41H2,1-5H3,(H-,45,48,49,50)/b37-35+. The molecule has 0 radical (unpaired) electrons. The van der Waals surface area contributed by atoms with E-state index in [2.05, 4.69) is 19.2 Å². The number of allylic oxidation sites excluding steroid dienone is 1. The molecular formula is C44H89N2O6P. The highest BCUT2D eigenvalue weighted by Crippen LogP contribution is 2.38. The van der Waals surface area contributed by atoms with Gasteiger partial charge in [-0.05, 0) is 19.3 Å². The normalized spacial score (nSPS) is 14.5. The highest BCUT2D eigenvalue weighted by Gasteiger charge is 2.23. The highest BCUT2D eigenvalue weighted by molar-refractivity contribution is 7.45. The highest BCUT2D eigenvalue weighted by atomic mass is 31.2. The molecule has 0 saturated carbocycles. The smallest absolute Gasteiger partial charge is 0.268 e. The Hall–Kier alpha value is -0.760. The maximum atomic E-state index is 12.8. The zero-order valence-electron chi connectivity index (χ0n) is 35.7. The van der Waals surface area contributed by atoms with Crippen molar-refractivity contribution < 1.29 is 32.9 Å². The van der Waals surface area contributed by atoms with Crippen LogP contribution in [0.1, 0.15) is 213 Å². The Balaban J connectivity index is 4.38. The van der Waals surface area contributed by atoms with Gasteiger partial charge in [0.1, 0.15) is 13.2 Å². The van der Waals surface area contributed by atoms with Gasteiger partial charge in [-0.3, -0.25) is 9.36 Å². The molecule has 0 bridgehead atoms. The topological polar surface area (TPSA) is 108 Å². The molecule has 0 spiro atoms. The minimum atomic E-state index is -4.58. The van der Waals surface area contributed by atoms with Crippen molar-refractivity contribution in [3.8, 4) is 0 Å². The van der Waals surface area contributed by atoms with E-state index in [4.69, 9.17) is 9.05 Å². The predicted molar refractivity (Wildman–Crippen MR) is 224 cm³/mol. The SMILES string of the molecule is CCCCCCCCCCCCCC/C=C/C(O)C(COP(=O)([O-])OCC[N+](C)(C)C)NC(=O)CCCCCCCCCCCCCCCCCCC. The summed E-state index contributed by atoms with van der Waals surface area (Å²) in [5.74, 6) is -0.195. The number of nitrogens with zero attached hydrogens (tertiary/aromatic N) is 1. The van der Waals surface area contributed by atoms with Crippen molar-refractivity contribution in [3.63, 3.8) is 0 Å². The Morgan fingerprint density at radius 2 is 1.02 bits per heavy atom. The number of hydrogen-bond acceptors (Lipinski definition) is 6. The van der Waals surface area contributed by atoms with Gasteiger partial charge in [0.15, 0.2) is 0 Å². The molecule has 0 saturated heterocycles. The molecule has 8 nitrogen and oxygen atoms in total. The summed E-state index contributed by atoms with van der Waals surface area (Å²) in [6, 6.07) is -0.879. The lowest BCUT2D eigenvalue weighted by atomic mass is 10.0. The van der Waals surface area contributed by atoms with Crippen molar-refractivity contribution in [1.82, 2.24) is 5.32 Å². The van der Waals surface area contributed by atoms with E-state index in [9.17, 15) is 19.4 Å². The van der Waals surface area contributed by atoms with Crippen molar-refractivity contribution in [2.24, 2.45) is 0 Å². The summed E-state index contributed by atoms with van der Waals surface area (Å²) < 4.78 is 23.2. The lowest BCUT2D eigenvalue weighted by molar-refractivity contribution is -0.870. The maximum Gasteiger partial charge on any atom is 0.268 e. The molecule has 0 heterocycles. The van der Waals surface area contributed by atoms with Crippen molar-refractivity contribution in [2.75, 3.05) is 40.9 Å². The molecule has 0 aliphatic rings. The Morgan fingerprint density at radius 1 is 0.642 bits per heavy atom. The van der Waals surface area contributed by atoms with Gasteiger partial charge in [0.05, 0.1) is 39.9 Å². The van der Waals surface area contributed by atoms with Crippen LogP contribution in [0.4, 0.5) is 0 Å². The monoisotopic (exact) mass is 773 g/mol. The lowest BCUT2D eigenvalue weighted by Gasteiger charge is -2.29. The number of carbonyl (C=O) groups is 1. The fourth-order valence-electron chi connectivity index (χ4n) is 6.62. The number of hydrogen-bond donors (Lipinski definition) is 2. The second kappa shape index (κ2) is 36.9. The van der Waals surface area contributed by atoms with Gasteiger partial charge in [-0.1, -0.05) is 199 Å². The number of aliphatic hydroxyl groups is 1. The van der Waals surface area contributed by atoms with Gasteiger partial charge in [0, 0.05) is 6.42 Å². The number of carbonyl (C=O) groups excluding carboxylic acids is 1. The van der Waals surface area contributed by atoms with E-state index in [1.54, 1.807) is 6.08 Å². The summed E-state index contributed by atoms with van der Waals surface area (Å²) in [5, 5.41) is 13.8. The Kier molecular flexibility index (Phi) is 36.3. The number of aliphatic hydroxyl groups excluding tert-OH is 1. The van der Waals surface area contributed by atoms with Crippen LogP contribution in [0.2, 0.25) is 0 Å². The van der Waals surface area contributed by atoms with Crippen LogP contribution in [-0.2, 0) is 18.4 Å². The Bertz CT molecular complexity index is 880. The molecule has 0 aliphatic heterocycles. The molecule has 0 rings (SSSR count). The fraction of sp³-hybridized carbons (Fsp3) is 0.932. The van der Waals surface area contributed by atoms with E-state index in [0.29, 0.717) is 17.4 Å². The molecule has 0 aromatic heterocycles. The molecular weight excluding hydrogens is 683 g/mol. The summed E-state index contributed by atoms with van der Waals surface area (Å²) in [6.45, 7) is 4.66. The van der Waals surface area contributed by atoms with E-state index in [1.807, 2.05) is 27.2 Å². The maximum absolute atomic E-state index is 12.8. The zero-order chi connectivity index (χ0) is 39.3. The fourth-order valence-corrected chi connectivity index (χ4v) is 7.35. The van der Waals surface area contributed by atoms with Crippen LogP contribution in [0.25, 0.3) is 0 Å². The molecule has 3 unspecified atom stereocenters. The third-order valence-corrected chi connectivity index (χ3v) is 11.2. The molecule has 0 aromatic carbocycles. The number of unbranched alkanes of at least 4 members (excludes halogenated alkanes) is 28. The predicted octanol–water partition coefficient (Wildman–Crippen LogP) is 11.7. The first-order chi connectivity index (χ1) is 25.5. The average molecular weight is 773 g/mol. The quantitative estimate of drug-likeness (QED) is 0.0277. The molecule has 0 aliphatic carbocycles. The van der Waals surface area contributed by atoms with Crippen molar-refractivity contribution in [2.45, 2.75) is 225 Å². The Labute approximate surface area is 329 Å². The van der Waals surface area contributed by atoms with E-state index in [-0.39, 0.29) is 19.1 Å². The van der Waals surface area contributed by atoms with Crippen LogP contribution in [0.5, 0.6) is 0 Å². The van der Waals surface area contributed by atoms with Gasteiger partial charge < -0.3 is 28.8 Å². The summed E-state index contributed by atoms with van der Waals surface area (Å²) in [7, 11) is 1.27. The van der Waals surface area contributed by atoms with Gasteiger partial charge >= 0.3 is 0 Å². The van der Waals surface area contributed by atoms with Crippen LogP contribution in [-0.4, -0.2) is 68.5 Å². The number of phosphoric ester groups is 1. The average Bonchev–Trinajstić information content (AvgIpc) is 3.10. The first-order valence-electron chi connectivity index (χ1n) is 22.6. The molecule has 1 amide bonds. The number of phosphoric acid groups is 1. The second-order valence-corrected chi connectivity index (χ2v) is 18.2. The molecule has 316 valence electrons. The van der Waals surface area contributed by atoms with Crippen LogP contribution in [0.15, 0.2) is 12.2 Å². The third kappa shape index (κ3) is 39.3. The van der Waals surface area contributed by atoms with Crippen LogP contribution < -0.4 is 10.2 Å². The van der Waals surface area contributed by atoms with Gasteiger partial charge in [-0.2, -0.15) is 0 Å². The molecule has 53 heavy (non-hydrogen) atoms. The van der Waals surface area contributed by atoms with Gasteiger partial charge in [0.25, 0.3) is 7.82 Å². The largest absolute Gasteiger partial charge is 0.756 e. The molecule has 9 heteroatoms.